The van der Waals surface area contributed by atoms with E-state index in [1.165, 1.54) is 5.56 Å². The van der Waals surface area contributed by atoms with Crippen LogP contribution in [0.15, 0.2) is 46.9 Å². The van der Waals surface area contributed by atoms with Crippen LogP contribution in [0.4, 0.5) is 5.69 Å². The molecule has 0 aliphatic carbocycles. The van der Waals surface area contributed by atoms with Gasteiger partial charge in [-0.1, -0.05) is 29.8 Å². The molecule has 0 unspecified atom stereocenters. The predicted octanol–water partition coefficient (Wildman–Crippen LogP) is 4.54. The summed E-state index contributed by atoms with van der Waals surface area (Å²) in [6.07, 6.45) is 0.387. The molecule has 0 spiro atoms. The van der Waals surface area contributed by atoms with Gasteiger partial charge in [-0.05, 0) is 69.2 Å². The molecule has 98 valence electrons. The van der Waals surface area contributed by atoms with Gasteiger partial charge in [-0.2, -0.15) is 0 Å². The third-order valence-corrected chi connectivity index (χ3v) is 4.05. The largest absolute Gasteiger partial charge is 0.325 e. The standard InChI is InChI=1S/C15H13BrINO/c1-10-2-4-11(5-3-10)8-15(19)18-14-9-12(17)6-7-13(14)16/h2-7,9H,8H2,1H3,(H,18,19). The molecule has 0 heterocycles. The molecule has 0 fully saturated rings. The van der Waals surface area contributed by atoms with E-state index >= 15 is 0 Å². The van der Waals surface area contributed by atoms with E-state index < -0.39 is 0 Å². The Kier molecular flexibility index (Phi) is 4.99. The molecule has 1 amide bonds. The number of benzene rings is 2. The Morgan fingerprint density at radius 1 is 1.21 bits per heavy atom. The molecule has 0 saturated carbocycles. The summed E-state index contributed by atoms with van der Waals surface area (Å²) in [5, 5.41) is 2.92. The Morgan fingerprint density at radius 2 is 1.89 bits per heavy atom. The van der Waals surface area contributed by atoms with Gasteiger partial charge in [0.25, 0.3) is 0 Å². The van der Waals surface area contributed by atoms with Crippen molar-refractivity contribution in [2.45, 2.75) is 13.3 Å². The minimum Gasteiger partial charge on any atom is -0.325 e. The van der Waals surface area contributed by atoms with Crippen molar-refractivity contribution >= 4 is 50.1 Å². The first kappa shape index (κ1) is 14.5. The first-order valence-corrected chi connectivity index (χ1v) is 7.72. The highest BCUT2D eigenvalue weighted by atomic mass is 127. The summed E-state index contributed by atoms with van der Waals surface area (Å²) < 4.78 is 1.98. The lowest BCUT2D eigenvalue weighted by Crippen LogP contribution is -2.14. The van der Waals surface area contributed by atoms with Crippen molar-refractivity contribution in [3.63, 3.8) is 0 Å². The molecule has 0 aliphatic heterocycles. The monoisotopic (exact) mass is 429 g/mol. The minimum atomic E-state index is -0.00782. The molecule has 2 rings (SSSR count). The number of halogens is 2. The van der Waals surface area contributed by atoms with E-state index in [2.05, 4.69) is 43.8 Å². The van der Waals surface area contributed by atoms with Crippen LogP contribution in [0.2, 0.25) is 0 Å². The van der Waals surface area contributed by atoms with Gasteiger partial charge in [0.2, 0.25) is 5.91 Å². The molecule has 19 heavy (non-hydrogen) atoms. The van der Waals surface area contributed by atoms with Gasteiger partial charge in [0.05, 0.1) is 12.1 Å². The lowest BCUT2D eigenvalue weighted by atomic mass is 10.1. The second-order valence-electron chi connectivity index (χ2n) is 4.33. The van der Waals surface area contributed by atoms with E-state index in [1.54, 1.807) is 0 Å². The zero-order valence-corrected chi connectivity index (χ0v) is 14.2. The third kappa shape index (κ3) is 4.31. The Labute approximate surface area is 134 Å². The van der Waals surface area contributed by atoms with E-state index in [1.807, 2.05) is 49.4 Å². The maximum absolute atomic E-state index is 12.0. The van der Waals surface area contributed by atoms with Crippen molar-refractivity contribution in [2.75, 3.05) is 5.32 Å². The molecule has 2 nitrogen and oxygen atoms in total. The zero-order chi connectivity index (χ0) is 13.8. The Hall–Kier alpha value is -0.880. The summed E-state index contributed by atoms with van der Waals surface area (Å²) >= 11 is 5.66. The van der Waals surface area contributed by atoms with Crippen LogP contribution in [0.1, 0.15) is 11.1 Å². The van der Waals surface area contributed by atoms with Crippen molar-refractivity contribution in [1.82, 2.24) is 0 Å². The van der Waals surface area contributed by atoms with Crippen LogP contribution in [0.5, 0.6) is 0 Å². The number of amides is 1. The van der Waals surface area contributed by atoms with Crippen molar-refractivity contribution < 1.29 is 4.79 Å². The summed E-state index contributed by atoms with van der Waals surface area (Å²) in [5.41, 5.74) is 3.03. The van der Waals surface area contributed by atoms with Crippen LogP contribution in [0.25, 0.3) is 0 Å². The van der Waals surface area contributed by atoms with Crippen LogP contribution < -0.4 is 5.32 Å². The molecule has 0 aliphatic rings. The SMILES string of the molecule is Cc1ccc(CC(=O)Nc2cc(I)ccc2Br)cc1. The fourth-order valence-electron chi connectivity index (χ4n) is 1.68. The van der Waals surface area contributed by atoms with Gasteiger partial charge in [-0.3, -0.25) is 4.79 Å². The number of anilines is 1. The molecular weight excluding hydrogens is 417 g/mol. The maximum atomic E-state index is 12.0. The number of aryl methyl sites for hydroxylation is 1. The average molecular weight is 430 g/mol. The molecule has 0 saturated heterocycles. The molecule has 0 atom stereocenters. The number of hydrogen-bond donors (Lipinski definition) is 1. The number of carbonyl (C=O) groups excluding carboxylic acids is 1. The third-order valence-electron chi connectivity index (χ3n) is 2.69. The van der Waals surface area contributed by atoms with Gasteiger partial charge in [-0.15, -0.1) is 0 Å². The average Bonchev–Trinajstić information content (AvgIpc) is 2.37. The summed E-state index contributed by atoms with van der Waals surface area (Å²) in [5.74, 6) is -0.00782. The summed E-state index contributed by atoms with van der Waals surface area (Å²) in [7, 11) is 0. The van der Waals surface area contributed by atoms with Gasteiger partial charge < -0.3 is 5.32 Å². The lowest BCUT2D eigenvalue weighted by Gasteiger charge is -2.08. The first-order valence-electron chi connectivity index (χ1n) is 5.85. The molecule has 1 N–H and O–H groups in total. The van der Waals surface area contributed by atoms with Gasteiger partial charge >= 0.3 is 0 Å². The van der Waals surface area contributed by atoms with E-state index in [0.29, 0.717) is 6.42 Å². The first-order chi connectivity index (χ1) is 9.04. The fourth-order valence-corrected chi connectivity index (χ4v) is 2.52. The fraction of sp³-hybridized carbons (Fsp3) is 0.133. The van der Waals surface area contributed by atoms with E-state index in [-0.39, 0.29) is 5.91 Å². The van der Waals surface area contributed by atoms with Crippen LogP contribution in [-0.4, -0.2) is 5.91 Å². The lowest BCUT2D eigenvalue weighted by molar-refractivity contribution is -0.115. The highest BCUT2D eigenvalue weighted by Gasteiger charge is 2.07. The van der Waals surface area contributed by atoms with E-state index in [9.17, 15) is 4.79 Å². The van der Waals surface area contributed by atoms with Crippen molar-refractivity contribution in [2.24, 2.45) is 0 Å². The van der Waals surface area contributed by atoms with E-state index in [0.717, 1.165) is 19.3 Å². The number of nitrogens with one attached hydrogen (secondary N) is 1. The topological polar surface area (TPSA) is 29.1 Å². The summed E-state index contributed by atoms with van der Waals surface area (Å²) in [6, 6.07) is 13.9. The van der Waals surface area contributed by atoms with Crippen LogP contribution in [-0.2, 0) is 11.2 Å². The maximum Gasteiger partial charge on any atom is 0.228 e. The number of carbonyl (C=O) groups is 1. The van der Waals surface area contributed by atoms with Crippen LogP contribution in [0, 0.1) is 10.5 Å². The Morgan fingerprint density at radius 3 is 2.58 bits per heavy atom. The van der Waals surface area contributed by atoms with Crippen molar-refractivity contribution in [1.29, 1.82) is 0 Å². The summed E-state index contributed by atoms with van der Waals surface area (Å²) in [4.78, 5) is 12.0. The van der Waals surface area contributed by atoms with Crippen molar-refractivity contribution in [3.05, 3.63) is 61.6 Å². The zero-order valence-electron chi connectivity index (χ0n) is 10.4. The molecule has 0 radical (unpaired) electrons. The minimum absolute atomic E-state index is 0.00782. The normalized spacial score (nSPS) is 10.3. The summed E-state index contributed by atoms with van der Waals surface area (Å²) in [6.45, 7) is 2.03. The highest BCUT2D eigenvalue weighted by molar-refractivity contribution is 14.1. The Bertz CT molecular complexity index is 596. The van der Waals surface area contributed by atoms with Gasteiger partial charge in [0.1, 0.15) is 0 Å². The molecule has 2 aromatic carbocycles. The molecular formula is C15H13BrINO. The van der Waals surface area contributed by atoms with Gasteiger partial charge in [0.15, 0.2) is 0 Å². The van der Waals surface area contributed by atoms with Crippen LogP contribution >= 0.6 is 38.5 Å². The predicted molar refractivity (Wildman–Crippen MR) is 90.4 cm³/mol. The molecule has 4 heteroatoms. The smallest absolute Gasteiger partial charge is 0.228 e. The van der Waals surface area contributed by atoms with Crippen LogP contribution in [0.3, 0.4) is 0 Å². The molecule has 0 aromatic heterocycles. The molecule has 2 aromatic rings. The van der Waals surface area contributed by atoms with Gasteiger partial charge in [-0.25, -0.2) is 0 Å². The highest BCUT2D eigenvalue weighted by Crippen LogP contribution is 2.24. The second kappa shape index (κ2) is 6.52. The van der Waals surface area contributed by atoms with E-state index in [4.69, 9.17) is 0 Å². The number of hydrogen-bond acceptors (Lipinski definition) is 1. The molecule has 0 bridgehead atoms. The Balaban J connectivity index is 2.05. The van der Waals surface area contributed by atoms with Crippen molar-refractivity contribution in [3.8, 4) is 0 Å². The van der Waals surface area contributed by atoms with Gasteiger partial charge in [0, 0.05) is 8.04 Å². The second-order valence-corrected chi connectivity index (χ2v) is 6.43. The quantitative estimate of drug-likeness (QED) is 0.713. The number of rotatable bonds is 3.